The molecule has 0 spiro atoms. The predicted molar refractivity (Wildman–Crippen MR) is 259 cm³/mol. The molecule has 0 radical (unpaired) electrons. The van der Waals surface area contributed by atoms with Crippen molar-refractivity contribution in [1.82, 2.24) is 30.1 Å². The molecule has 2 saturated heterocycles. The Labute approximate surface area is 398 Å². The van der Waals surface area contributed by atoms with Gasteiger partial charge in [-0.2, -0.15) is 21.9 Å². The maximum atomic E-state index is 12.9. The van der Waals surface area contributed by atoms with Crippen molar-refractivity contribution in [3.63, 3.8) is 0 Å². The Bertz CT molecular complexity index is 2350. The van der Waals surface area contributed by atoms with Crippen molar-refractivity contribution < 1.29 is 26.3 Å². The van der Waals surface area contributed by atoms with Crippen molar-refractivity contribution in [1.29, 1.82) is 0 Å². The zero-order valence-corrected chi connectivity index (χ0v) is 38.5. The van der Waals surface area contributed by atoms with Gasteiger partial charge in [-0.3, -0.25) is 19.9 Å². The summed E-state index contributed by atoms with van der Waals surface area (Å²) >= 11 is 0. The summed E-state index contributed by atoms with van der Waals surface area (Å²) in [6, 6.07) is 65.3. The Balaban J connectivity index is 0.000000148. The normalized spacial score (nSPS) is 16.9. The first-order chi connectivity index (χ1) is 31.6. The fourth-order valence-corrected chi connectivity index (χ4v) is 9.00. The summed E-state index contributed by atoms with van der Waals surface area (Å²) in [6.45, 7) is 8.07. The van der Waals surface area contributed by atoms with Crippen LogP contribution in [-0.4, -0.2) is 60.5 Å². The third-order valence-electron chi connectivity index (χ3n) is 12.2. The summed E-state index contributed by atoms with van der Waals surface area (Å²) in [5.41, 5.74) is 3.77. The average molecular weight is 919 g/mol. The van der Waals surface area contributed by atoms with Crippen LogP contribution in [0.5, 0.6) is 0 Å². The van der Waals surface area contributed by atoms with Gasteiger partial charge in [-0.25, -0.2) is 0 Å². The van der Waals surface area contributed by atoms with Gasteiger partial charge in [-0.05, 0) is 76.2 Å². The standard InChI is InChI=1S/C24H20B.2C15H16N3O2.Co/c1-5-13-21(14-6-1)25(22-15-7-2-8-16-22,23-17-9-3-10-18-23)24-19-11-4-12-20-24;2*1-14(2)11-20-15(18(14)19,12-7-3-5-9-16-12)13-8-4-6-10-17-13;/h1-20H;2*3-10H,11H2,1-2H3;/q3*-1;+3. The zero-order valence-electron chi connectivity index (χ0n) is 37.4. The van der Waals surface area contributed by atoms with Crippen molar-refractivity contribution in [3.05, 3.63) is 252 Å². The molecule has 0 bridgehead atoms. The molecule has 0 saturated carbocycles. The van der Waals surface area contributed by atoms with Crippen LogP contribution in [0.3, 0.4) is 0 Å². The van der Waals surface area contributed by atoms with Gasteiger partial charge in [0.1, 0.15) is 6.15 Å². The molecule has 12 heteroatoms. The maximum Gasteiger partial charge on any atom is 3.00 e. The first-order valence-electron chi connectivity index (χ1n) is 21.8. The van der Waals surface area contributed by atoms with Gasteiger partial charge in [0.25, 0.3) is 0 Å². The zero-order chi connectivity index (χ0) is 45.4. The topological polar surface area (TPSA) is 123 Å². The molecule has 10 nitrogen and oxygen atoms in total. The van der Waals surface area contributed by atoms with E-state index in [0.29, 0.717) is 36.0 Å². The van der Waals surface area contributed by atoms with Gasteiger partial charge in [0.2, 0.25) is 0 Å². The van der Waals surface area contributed by atoms with Crippen LogP contribution in [0.15, 0.2) is 219 Å². The quantitative estimate of drug-likeness (QED) is 0.141. The molecule has 334 valence electrons. The van der Waals surface area contributed by atoms with Crippen LogP contribution < -0.4 is 21.9 Å². The van der Waals surface area contributed by atoms with E-state index in [-0.39, 0.29) is 16.8 Å². The molecule has 6 heterocycles. The number of aromatic nitrogens is 4. The van der Waals surface area contributed by atoms with Crippen LogP contribution in [0, 0.1) is 10.4 Å². The predicted octanol–water partition coefficient (Wildman–Crippen LogP) is 7.63. The van der Waals surface area contributed by atoms with Crippen molar-refractivity contribution >= 4 is 28.0 Å². The Morgan fingerprint density at radius 3 is 0.788 bits per heavy atom. The van der Waals surface area contributed by atoms with E-state index in [4.69, 9.17) is 9.47 Å². The summed E-state index contributed by atoms with van der Waals surface area (Å²) in [7, 11) is 0. The maximum absolute atomic E-state index is 12.9. The number of ether oxygens (including phenoxy) is 2. The Hall–Kier alpha value is -6.19. The van der Waals surface area contributed by atoms with Gasteiger partial charge < -0.3 is 30.0 Å². The summed E-state index contributed by atoms with van der Waals surface area (Å²) in [5.74, 6) is 0. The molecule has 0 aliphatic carbocycles. The second kappa shape index (κ2) is 20.5. The SMILES string of the molecule is CC1(C)COC(c2ccccn2)(c2ccccn2)N1[O-].CC1(C)COC(c2ccccn2)(c2ccccn2)N1[O-].[Co+3].c1ccc([B-](c2ccccc2)(c2ccccc2)c2ccccc2)cc1. The van der Waals surface area contributed by atoms with Gasteiger partial charge >= 0.3 is 16.8 Å². The van der Waals surface area contributed by atoms with Crippen molar-refractivity contribution in [3.8, 4) is 0 Å². The molecule has 2 fully saturated rings. The second-order valence-electron chi connectivity index (χ2n) is 17.4. The van der Waals surface area contributed by atoms with E-state index in [9.17, 15) is 10.4 Å². The summed E-state index contributed by atoms with van der Waals surface area (Å²) in [5, 5.41) is 27.6. The molecule has 0 unspecified atom stereocenters. The molecule has 2 aliphatic heterocycles. The van der Waals surface area contributed by atoms with Gasteiger partial charge in [0.15, 0.2) is 11.4 Å². The minimum absolute atomic E-state index is 0. The van der Waals surface area contributed by atoms with Crippen molar-refractivity contribution in [2.75, 3.05) is 13.2 Å². The minimum Gasteiger partial charge on any atom is -0.782 e. The number of hydrogen-bond acceptors (Lipinski definition) is 10. The van der Waals surface area contributed by atoms with Gasteiger partial charge in [-0.15, -0.1) is 0 Å². The largest absolute Gasteiger partial charge is 3.00 e. The molecule has 2 aliphatic rings. The van der Waals surface area contributed by atoms with Crippen LogP contribution in [0.4, 0.5) is 0 Å². The summed E-state index contributed by atoms with van der Waals surface area (Å²) in [4.78, 5) is 17.3. The van der Waals surface area contributed by atoms with Gasteiger partial charge in [-0.1, -0.05) is 146 Å². The van der Waals surface area contributed by atoms with E-state index in [1.54, 1.807) is 49.1 Å². The molecule has 4 aromatic carbocycles. The summed E-state index contributed by atoms with van der Waals surface area (Å²) in [6.07, 6.45) is 5.41. The molecule has 0 amide bonds. The number of benzene rings is 4. The van der Waals surface area contributed by atoms with Crippen LogP contribution in [-0.2, 0) is 37.7 Å². The van der Waals surface area contributed by atoms with Crippen LogP contribution in [0.25, 0.3) is 0 Å². The molecular weight excluding hydrogens is 866 g/mol. The molecule has 4 aromatic heterocycles. The van der Waals surface area contributed by atoms with Gasteiger partial charge in [0, 0.05) is 35.9 Å². The van der Waals surface area contributed by atoms with E-state index in [0.717, 1.165) is 10.1 Å². The first kappa shape index (κ1) is 47.8. The average Bonchev–Trinajstić information content (AvgIpc) is 3.77. The molecule has 0 atom stereocenters. The molecule has 8 aromatic rings. The number of rotatable bonds is 8. The molecular formula is C54H52BCoN6O4. The van der Waals surface area contributed by atoms with Crippen LogP contribution in [0.2, 0.25) is 0 Å². The first-order valence-corrected chi connectivity index (χ1v) is 21.8. The van der Waals surface area contributed by atoms with E-state index in [1.165, 1.54) is 21.9 Å². The monoisotopic (exact) mass is 918 g/mol. The van der Waals surface area contributed by atoms with E-state index < -0.39 is 28.7 Å². The van der Waals surface area contributed by atoms with Crippen molar-refractivity contribution in [2.45, 2.75) is 50.2 Å². The molecule has 0 N–H and O–H groups in total. The van der Waals surface area contributed by atoms with Gasteiger partial charge in [0.05, 0.1) is 36.0 Å². The third kappa shape index (κ3) is 9.02. The van der Waals surface area contributed by atoms with Crippen molar-refractivity contribution in [2.24, 2.45) is 0 Å². The Morgan fingerprint density at radius 1 is 0.379 bits per heavy atom. The second-order valence-corrected chi connectivity index (χ2v) is 17.4. The smallest absolute Gasteiger partial charge is 0.782 e. The van der Waals surface area contributed by atoms with Crippen LogP contribution >= 0.6 is 0 Å². The fraction of sp³-hybridized carbons (Fsp3) is 0.185. The molecule has 10 rings (SSSR count). The minimum atomic E-state index is -1.27. The number of pyridine rings is 4. The third-order valence-corrected chi connectivity index (χ3v) is 12.2. The summed E-state index contributed by atoms with van der Waals surface area (Å²) < 4.78 is 11.9. The van der Waals surface area contributed by atoms with Crippen LogP contribution in [0.1, 0.15) is 50.5 Å². The van der Waals surface area contributed by atoms with E-state index >= 15 is 0 Å². The van der Waals surface area contributed by atoms with E-state index in [1.807, 2.05) is 76.2 Å². The number of hydrogen-bond donors (Lipinski definition) is 0. The van der Waals surface area contributed by atoms with E-state index in [2.05, 4.69) is 141 Å². The fourth-order valence-electron chi connectivity index (χ4n) is 9.00. The Morgan fingerprint density at radius 2 is 0.606 bits per heavy atom. The Kier molecular flexibility index (Phi) is 14.9. The number of nitrogens with zero attached hydrogens (tertiary/aromatic N) is 6. The number of hydroxylamine groups is 4. The molecule has 66 heavy (non-hydrogen) atoms.